The molecule has 2 aromatic carbocycles. The summed E-state index contributed by atoms with van der Waals surface area (Å²) in [6, 6.07) is 10.7. The van der Waals surface area contributed by atoms with Crippen LogP contribution in [-0.4, -0.2) is 21.4 Å². The summed E-state index contributed by atoms with van der Waals surface area (Å²) in [5.74, 6) is -0.520. The molecule has 3 rings (SSSR count). The number of nitrogens with one attached hydrogen (secondary N) is 2. The van der Waals surface area contributed by atoms with E-state index in [0.29, 0.717) is 16.9 Å². The average Bonchev–Trinajstić information content (AvgIpc) is 2.99. The number of nitrogens with zero attached hydrogens (tertiary/aromatic N) is 2. The lowest BCUT2D eigenvalue weighted by Gasteiger charge is -2.08. The molecule has 1 heterocycles. The largest absolute Gasteiger partial charge is 0.416 e. The Morgan fingerprint density at radius 3 is 2.53 bits per heavy atom. The molecule has 0 atom stereocenters. The Balaban J connectivity index is 1.91. The third kappa shape index (κ3) is 4.27. The van der Waals surface area contributed by atoms with Crippen LogP contribution in [0.5, 0.6) is 0 Å². The van der Waals surface area contributed by atoms with Gasteiger partial charge in [0.2, 0.25) is 0 Å². The van der Waals surface area contributed by atoms with Crippen LogP contribution >= 0.6 is 0 Å². The molecule has 0 saturated carbocycles. The number of nitrogen functional groups attached to an aromatic ring is 1. The molecule has 0 spiro atoms. The molecule has 4 N–H and O–H groups in total. The van der Waals surface area contributed by atoms with E-state index in [2.05, 4.69) is 15.6 Å². The molecule has 0 saturated heterocycles. The van der Waals surface area contributed by atoms with Gasteiger partial charge in [0.15, 0.2) is 0 Å². The Bertz CT molecular complexity index is 1190. The number of nitrogens with two attached hydrogens (primary N) is 1. The lowest BCUT2D eigenvalue weighted by atomic mass is 10.1. The standard InChI is InChI=1S/C20H18F3N5O2/c1-11(25-26-18(29)13-5-3-7-15(24)9-13)17-12(2)27-28(19(17)30)16-8-4-6-14(10-16)20(21,22)23/h3-10,27H,24H2,1-2H3,(H,26,29). The SMILES string of the molecule is CC(=NNC(=O)c1cccc(N)c1)c1c(C)[nH]n(-c2cccc(C(F)(F)F)c2)c1=O. The van der Waals surface area contributed by atoms with Crippen LogP contribution < -0.4 is 16.7 Å². The van der Waals surface area contributed by atoms with Gasteiger partial charge in [-0.2, -0.15) is 18.3 Å². The first-order valence-corrected chi connectivity index (χ1v) is 8.77. The number of alkyl halides is 3. The number of benzene rings is 2. The number of halogens is 3. The number of H-pyrrole nitrogens is 1. The van der Waals surface area contributed by atoms with Gasteiger partial charge in [0.05, 0.1) is 22.5 Å². The van der Waals surface area contributed by atoms with E-state index in [-0.39, 0.29) is 17.0 Å². The van der Waals surface area contributed by atoms with Gasteiger partial charge in [-0.05, 0) is 50.2 Å². The zero-order valence-electron chi connectivity index (χ0n) is 16.0. The Hall–Kier alpha value is -3.82. The van der Waals surface area contributed by atoms with Crippen LogP contribution in [0, 0.1) is 6.92 Å². The number of anilines is 1. The van der Waals surface area contributed by atoms with Gasteiger partial charge in [-0.3, -0.25) is 14.7 Å². The highest BCUT2D eigenvalue weighted by Crippen LogP contribution is 2.30. The summed E-state index contributed by atoms with van der Waals surface area (Å²) in [4.78, 5) is 25.0. The van der Waals surface area contributed by atoms with Crippen LogP contribution in [0.15, 0.2) is 58.4 Å². The lowest BCUT2D eigenvalue weighted by molar-refractivity contribution is -0.137. The summed E-state index contributed by atoms with van der Waals surface area (Å²) >= 11 is 0. The van der Waals surface area contributed by atoms with Crippen LogP contribution in [0.2, 0.25) is 0 Å². The maximum absolute atomic E-state index is 13.0. The predicted octanol–water partition coefficient (Wildman–Crippen LogP) is 3.23. The minimum Gasteiger partial charge on any atom is -0.399 e. The second-order valence-corrected chi connectivity index (χ2v) is 6.56. The molecule has 0 aliphatic carbocycles. The van der Waals surface area contributed by atoms with Gasteiger partial charge in [0.25, 0.3) is 11.5 Å². The van der Waals surface area contributed by atoms with Crippen molar-refractivity contribution in [2.75, 3.05) is 5.73 Å². The van der Waals surface area contributed by atoms with E-state index in [4.69, 9.17) is 5.73 Å². The first kappa shape index (κ1) is 20.9. The van der Waals surface area contributed by atoms with Gasteiger partial charge >= 0.3 is 6.18 Å². The van der Waals surface area contributed by atoms with Crippen molar-refractivity contribution >= 4 is 17.3 Å². The number of aryl methyl sites for hydroxylation is 1. The third-order valence-corrected chi connectivity index (χ3v) is 4.34. The van der Waals surface area contributed by atoms with Crippen LogP contribution in [0.3, 0.4) is 0 Å². The molecular weight excluding hydrogens is 399 g/mol. The molecule has 3 aromatic rings. The zero-order valence-corrected chi connectivity index (χ0v) is 16.0. The molecule has 0 aliphatic rings. The number of hydrogen-bond acceptors (Lipinski definition) is 4. The highest BCUT2D eigenvalue weighted by molar-refractivity contribution is 6.01. The zero-order chi connectivity index (χ0) is 22.1. The predicted molar refractivity (Wildman–Crippen MR) is 107 cm³/mol. The maximum atomic E-state index is 13.0. The highest BCUT2D eigenvalue weighted by atomic mass is 19.4. The summed E-state index contributed by atoms with van der Waals surface area (Å²) in [5, 5.41) is 6.69. The minimum atomic E-state index is -4.54. The number of hydrogen-bond donors (Lipinski definition) is 3. The summed E-state index contributed by atoms with van der Waals surface area (Å²) in [6.45, 7) is 3.09. The van der Waals surface area contributed by atoms with Crippen molar-refractivity contribution in [2.45, 2.75) is 20.0 Å². The molecule has 30 heavy (non-hydrogen) atoms. The molecule has 1 aromatic heterocycles. The molecule has 0 aliphatic heterocycles. The van der Waals surface area contributed by atoms with Gasteiger partial charge in [0.1, 0.15) is 0 Å². The van der Waals surface area contributed by atoms with Crippen LogP contribution in [0.25, 0.3) is 5.69 Å². The van der Waals surface area contributed by atoms with Crippen molar-refractivity contribution in [3.63, 3.8) is 0 Å². The average molecular weight is 417 g/mol. The number of aromatic amines is 1. The number of carbonyl (C=O) groups excluding carboxylic acids is 1. The number of hydrazone groups is 1. The number of rotatable bonds is 4. The molecule has 0 unspecified atom stereocenters. The molecule has 7 nitrogen and oxygen atoms in total. The second kappa shape index (κ2) is 7.90. The Labute approximate surface area is 169 Å². The van der Waals surface area contributed by atoms with Crippen molar-refractivity contribution in [3.8, 4) is 5.69 Å². The van der Waals surface area contributed by atoms with Crippen LogP contribution in [0.4, 0.5) is 18.9 Å². The second-order valence-electron chi connectivity index (χ2n) is 6.56. The Kier molecular flexibility index (Phi) is 5.50. The van der Waals surface area contributed by atoms with Gasteiger partial charge in [0, 0.05) is 16.9 Å². The van der Waals surface area contributed by atoms with Gasteiger partial charge in [-0.1, -0.05) is 12.1 Å². The normalized spacial score (nSPS) is 12.1. The van der Waals surface area contributed by atoms with E-state index in [1.54, 1.807) is 25.1 Å². The Morgan fingerprint density at radius 1 is 1.17 bits per heavy atom. The summed E-state index contributed by atoms with van der Waals surface area (Å²) in [5.41, 5.74) is 7.96. The third-order valence-electron chi connectivity index (χ3n) is 4.34. The molecule has 0 radical (unpaired) electrons. The fraction of sp³-hybridized carbons (Fsp3) is 0.150. The van der Waals surface area contributed by atoms with E-state index in [1.807, 2.05) is 0 Å². The van der Waals surface area contributed by atoms with Crippen molar-refractivity contribution in [2.24, 2.45) is 5.10 Å². The number of aromatic nitrogens is 2. The van der Waals surface area contributed by atoms with Crippen LogP contribution in [-0.2, 0) is 6.18 Å². The van der Waals surface area contributed by atoms with Gasteiger partial charge < -0.3 is 5.73 Å². The molecule has 10 heteroatoms. The number of amides is 1. The summed E-state index contributed by atoms with van der Waals surface area (Å²) in [6.07, 6.45) is -4.54. The van der Waals surface area contributed by atoms with Crippen molar-refractivity contribution < 1.29 is 18.0 Å². The van der Waals surface area contributed by atoms with Gasteiger partial charge in [-0.15, -0.1) is 0 Å². The van der Waals surface area contributed by atoms with Crippen molar-refractivity contribution in [1.82, 2.24) is 15.2 Å². The summed E-state index contributed by atoms with van der Waals surface area (Å²) < 4.78 is 39.9. The molecule has 0 fully saturated rings. The Morgan fingerprint density at radius 2 is 1.87 bits per heavy atom. The van der Waals surface area contributed by atoms with E-state index >= 15 is 0 Å². The molecule has 156 valence electrons. The topological polar surface area (TPSA) is 105 Å². The number of carbonyl (C=O) groups is 1. The highest BCUT2D eigenvalue weighted by Gasteiger charge is 2.30. The van der Waals surface area contributed by atoms with E-state index in [9.17, 15) is 22.8 Å². The molecular formula is C20H18F3N5O2. The first-order valence-electron chi connectivity index (χ1n) is 8.77. The van der Waals surface area contributed by atoms with Gasteiger partial charge in [-0.25, -0.2) is 10.1 Å². The van der Waals surface area contributed by atoms with E-state index < -0.39 is 23.2 Å². The molecule has 1 amide bonds. The summed E-state index contributed by atoms with van der Waals surface area (Å²) in [7, 11) is 0. The minimum absolute atomic E-state index is 0.0285. The smallest absolute Gasteiger partial charge is 0.399 e. The first-order chi connectivity index (χ1) is 14.1. The van der Waals surface area contributed by atoms with Crippen molar-refractivity contribution in [3.05, 3.63) is 81.3 Å². The lowest BCUT2D eigenvalue weighted by Crippen LogP contribution is -2.23. The van der Waals surface area contributed by atoms with Crippen molar-refractivity contribution in [1.29, 1.82) is 0 Å². The maximum Gasteiger partial charge on any atom is 0.416 e. The molecule has 0 bridgehead atoms. The fourth-order valence-corrected chi connectivity index (χ4v) is 2.91. The van der Waals surface area contributed by atoms with Crippen LogP contribution in [0.1, 0.15) is 34.1 Å². The fourth-order valence-electron chi connectivity index (χ4n) is 2.91. The monoisotopic (exact) mass is 417 g/mol. The van der Waals surface area contributed by atoms with E-state index in [1.165, 1.54) is 25.1 Å². The van der Waals surface area contributed by atoms with E-state index in [0.717, 1.165) is 16.8 Å². The quantitative estimate of drug-likeness (QED) is 0.345.